The average molecular weight is 700 g/mol. The number of fused-ring (bicyclic) bond motifs is 3. The number of benzene rings is 1. The molecule has 0 aliphatic heterocycles. The molecule has 0 unspecified atom stereocenters. The van der Waals surface area contributed by atoms with E-state index in [2.05, 4.69) is 71.7 Å². The first-order valence-electron chi connectivity index (χ1n) is 14.9. The maximum absolute atomic E-state index is 7.57. The number of aliphatic hydroxyl groups excluding tert-OH is 1. The summed E-state index contributed by atoms with van der Waals surface area (Å²) in [6.07, 6.45) is 13.2. The van der Waals surface area contributed by atoms with Gasteiger partial charge in [-0.15, -0.1) is 0 Å². The number of nitrogens with zero attached hydrogens (tertiary/aromatic N) is 4. The van der Waals surface area contributed by atoms with Crippen LogP contribution in [0.3, 0.4) is 0 Å². The van der Waals surface area contributed by atoms with Crippen LogP contribution >= 0.6 is 24.4 Å². The van der Waals surface area contributed by atoms with Crippen molar-refractivity contribution in [1.29, 1.82) is 0 Å². The molecule has 10 heteroatoms. The van der Waals surface area contributed by atoms with E-state index in [4.69, 9.17) is 54.8 Å². The van der Waals surface area contributed by atoms with Crippen molar-refractivity contribution >= 4 is 80.1 Å². The Labute approximate surface area is 290 Å². The van der Waals surface area contributed by atoms with Crippen molar-refractivity contribution in [3.05, 3.63) is 48.8 Å². The molecule has 0 fully saturated rings. The largest absolute Gasteiger partial charge is 2.00 e. The van der Waals surface area contributed by atoms with Crippen molar-refractivity contribution in [3.63, 3.8) is 0 Å². The summed E-state index contributed by atoms with van der Waals surface area (Å²) in [5, 5.41) is 9.84. The van der Waals surface area contributed by atoms with Crippen molar-refractivity contribution in [2.75, 3.05) is 32.8 Å². The Morgan fingerprint density at radius 3 is 1.17 bits per heavy atom. The maximum atomic E-state index is 7.57. The zero-order valence-electron chi connectivity index (χ0n) is 26.4. The third-order valence-electron chi connectivity index (χ3n) is 5.99. The third kappa shape index (κ3) is 19.2. The van der Waals surface area contributed by atoms with E-state index in [9.17, 15) is 0 Å². The van der Waals surface area contributed by atoms with Crippen LogP contribution in [0.1, 0.15) is 86.0 Å². The Hall–Kier alpha value is -1.16. The molecule has 2 aromatic heterocycles. The maximum Gasteiger partial charge on any atom is 2.00 e. The number of pyridine rings is 2. The second-order valence-electron chi connectivity index (χ2n) is 9.45. The van der Waals surface area contributed by atoms with Crippen LogP contribution in [0, 0.1) is 0 Å². The predicted molar refractivity (Wildman–Crippen MR) is 193 cm³/mol. The first-order valence-corrected chi connectivity index (χ1v) is 16.5. The third-order valence-corrected chi connectivity index (χ3v) is 7.02. The van der Waals surface area contributed by atoms with Crippen molar-refractivity contribution in [2.24, 2.45) is 0 Å². The van der Waals surface area contributed by atoms with Gasteiger partial charge in [0, 0.05) is 56.0 Å². The molecule has 0 atom stereocenters. The van der Waals surface area contributed by atoms with Gasteiger partial charge < -0.3 is 64.6 Å². The molecule has 0 saturated heterocycles. The number of aromatic nitrogens is 2. The molecule has 42 heavy (non-hydrogen) atoms. The summed E-state index contributed by atoms with van der Waals surface area (Å²) in [4.78, 5) is 13.0. The van der Waals surface area contributed by atoms with Gasteiger partial charge >= 0.3 is 19.5 Å². The summed E-state index contributed by atoms with van der Waals surface area (Å²) < 4.78 is 1.27. The fraction of sp³-hybridized carbons (Fsp3) is 0.562. The number of aliphatic hydroxyl groups is 1. The van der Waals surface area contributed by atoms with Gasteiger partial charge in [0.1, 0.15) is 0 Å². The van der Waals surface area contributed by atoms with Gasteiger partial charge in [-0.25, -0.2) is 0 Å². The Balaban J connectivity index is 0. The average Bonchev–Trinajstić information content (AvgIpc) is 2.98. The van der Waals surface area contributed by atoms with Crippen LogP contribution < -0.4 is 0 Å². The zero-order chi connectivity index (χ0) is 30.9. The molecular formula is C32H50N4OS4Zn. The summed E-state index contributed by atoms with van der Waals surface area (Å²) in [5.41, 5.74) is 1.95. The van der Waals surface area contributed by atoms with Crippen LogP contribution in [0.5, 0.6) is 0 Å². The van der Waals surface area contributed by atoms with Gasteiger partial charge in [-0.3, -0.25) is 9.97 Å². The molecule has 3 rings (SSSR count). The van der Waals surface area contributed by atoms with Gasteiger partial charge in [-0.2, -0.15) is 0 Å². The summed E-state index contributed by atoms with van der Waals surface area (Å²) in [6, 6.07) is 12.1. The number of rotatable bonds is 12. The number of hydrogen-bond acceptors (Lipinski definition) is 7. The van der Waals surface area contributed by atoms with E-state index in [1.807, 2.05) is 12.1 Å². The van der Waals surface area contributed by atoms with Gasteiger partial charge in [-0.1, -0.05) is 86.3 Å². The normalized spacial score (nSPS) is 9.67. The van der Waals surface area contributed by atoms with Crippen LogP contribution in [0.2, 0.25) is 0 Å². The van der Waals surface area contributed by atoms with Crippen LogP contribution in [0.25, 0.3) is 21.8 Å². The van der Waals surface area contributed by atoms with E-state index >= 15 is 0 Å². The smallest absolute Gasteiger partial charge is 0.411 e. The molecule has 0 amide bonds. The molecule has 0 bridgehead atoms. The van der Waals surface area contributed by atoms with E-state index < -0.39 is 0 Å². The molecule has 1 N–H and O–H groups in total. The van der Waals surface area contributed by atoms with Gasteiger partial charge in [0.25, 0.3) is 0 Å². The van der Waals surface area contributed by atoms with E-state index in [0.29, 0.717) is 8.64 Å². The van der Waals surface area contributed by atoms with Gasteiger partial charge in [0.2, 0.25) is 0 Å². The molecule has 0 spiro atoms. The quantitative estimate of drug-likeness (QED) is 0.0872. The standard InChI is InChI=1S/C12H8N2.2C9H19NS2.C2H6O.Zn/c1-3-9-5-6-10-4-2-8-14-12(10)11(9)13-7-1;2*1-3-5-7-10(9(11)12)8-6-4-2;1-2-3;/h1-8H;2*3-8H2,1-2H3,(H,11,12);3H,2H2,1H3;/q;;;;+2/p-2. The van der Waals surface area contributed by atoms with Crippen molar-refractivity contribution in [2.45, 2.75) is 86.0 Å². The van der Waals surface area contributed by atoms with E-state index in [1.165, 1.54) is 51.4 Å². The molecule has 0 aliphatic rings. The van der Waals surface area contributed by atoms with Crippen LogP contribution in [0.4, 0.5) is 0 Å². The molecule has 2 heterocycles. The molecule has 0 saturated carbocycles. The fourth-order valence-corrected chi connectivity index (χ4v) is 4.39. The summed E-state index contributed by atoms with van der Waals surface area (Å²) in [7, 11) is 0. The summed E-state index contributed by atoms with van der Waals surface area (Å²) in [6.45, 7) is 14.8. The fourth-order valence-electron chi connectivity index (χ4n) is 3.66. The summed E-state index contributed by atoms with van der Waals surface area (Å²) in [5.74, 6) is 0. The molecule has 0 radical (unpaired) electrons. The van der Waals surface area contributed by atoms with E-state index in [0.717, 1.165) is 48.0 Å². The molecular weight excluding hydrogens is 650 g/mol. The van der Waals surface area contributed by atoms with Crippen molar-refractivity contribution in [3.8, 4) is 0 Å². The van der Waals surface area contributed by atoms with Crippen LogP contribution in [-0.2, 0) is 44.7 Å². The Morgan fingerprint density at radius 2 is 0.929 bits per heavy atom. The molecule has 3 aromatic rings. The topological polar surface area (TPSA) is 52.5 Å². The first kappa shape index (κ1) is 43.0. The van der Waals surface area contributed by atoms with E-state index in [-0.39, 0.29) is 26.1 Å². The molecule has 230 valence electrons. The van der Waals surface area contributed by atoms with Gasteiger partial charge in [-0.05, 0) is 44.7 Å². The SMILES string of the molecule is CCCCN(CCCC)C(=S)[S-].CCCCN(CCCC)C(=S)[S-].CCO.[Zn+2].c1cnc2c(c1)ccc1cccnc12. The minimum Gasteiger partial charge on any atom is -0.411 e. The minimum atomic E-state index is 0. The molecule has 0 aliphatic carbocycles. The van der Waals surface area contributed by atoms with E-state index in [1.54, 1.807) is 19.3 Å². The second-order valence-corrected chi connectivity index (χ2v) is 11.5. The van der Waals surface area contributed by atoms with Gasteiger partial charge in [0.05, 0.1) is 11.0 Å². The number of thiocarbonyl (C=S) groups is 2. The predicted octanol–water partition coefficient (Wildman–Crippen LogP) is 8.22. The second kappa shape index (κ2) is 28.6. The van der Waals surface area contributed by atoms with Gasteiger partial charge in [0.15, 0.2) is 0 Å². The van der Waals surface area contributed by atoms with Crippen LogP contribution in [0.15, 0.2) is 48.8 Å². The monoisotopic (exact) mass is 698 g/mol. The van der Waals surface area contributed by atoms with Crippen LogP contribution in [-0.4, -0.2) is 66.3 Å². The minimum absolute atomic E-state index is 0. The molecule has 1 aromatic carbocycles. The Kier molecular flexibility index (Phi) is 29.3. The van der Waals surface area contributed by atoms with Crippen molar-refractivity contribution < 1.29 is 24.6 Å². The Bertz CT molecular complexity index is 1010. The number of unbranched alkanes of at least 4 members (excludes halogenated alkanes) is 4. The zero-order valence-corrected chi connectivity index (χ0v) is 32.6. The van der Waals surface area contributed by atoms with Crippen molar-refractivity contribution in [1.82, 2.24) is 19.8 Å². The summed E-state index contributed by atoms with van der Waals surface area (Å²) >= 11 is 19.9. The Morgan fingerprint density at radius 1 is 0.643 bits per heavy atom. The first-order chi connectivity index (χ1) is 19.8. The number of hydrogen-bond donors (Lipinski definition) is 1. The molecule has 5 nitrogen and oxygen atoms in total.